The molecule has 0 spiro atoms. The summed E-state index contributed by atoms with van der Waals surface area (Å²) in [6.07, 6.45) is 1.86. The van der Waals surface area contributed by atoms with Crippen molar-refractivity contribution in [3.05, 3.63) is 48.0 Å². The number of carbonyl (C=O) groups excluding carboxylic acids is 1. The van der Waals surface area contributed by atoms with E-state index in [1.807, 2.05) is 37.4 Å². The number of nitrogens with two attached hydrogens (primary N) is 1. The molecule has 1 aliphatic heterocycles. The van der Waals surface area contributed by atoms with E-state index in [0.717, 1.165) is 11.1 Å². The predicted molar refractivity (Wildman–Crippen MR) is 123 cm³/mol. The van der Waals surface area contributed by atoms with E-state index in [-0.39, 0.29) is 31.0 Å². The zero-order valence-corrected chi connectivity index (χ0v) is 18.7. The minimum absolute atomic E-state index is 0.0905. The van der Waals surface area contributed by atoms with E-state index in [4.69, 9.17) is 19.7 Å². The van der Waals surface area contributed by atoms with Gasteiger partial charge in [-0.25, -0.2) is 4.68 Å². The minimum atomic E-state index is -0.298. The SMILES string of the molecule is CSc1nn(CC(=O)Nc2ccc3c(c2)OCO3)c(N)c1-c1nc(-c2ccc(C)cc2)no1. The molecule has 33 heavy (non-hydrogen) atoms. The van der Waals surface area contributed by atoms with E-state index < -0.39 is 0 Å². The summed E-state index contributed by atoms with van der Waals surface area (Å²) < 4.78 is 17.5. The Hall–Kier alpha value is -3.99. The molecule has 3 heterocycles. The maximum absolute atomic E-state index is 12.6. The second kappa shape index (κ2) is 8.51. The maximum atomic E-state index is 12.6. The number of nitrogens with one attached hydrogen (secondary N) is 1. The Morgan fingerprint density at radius 2 is 1.97 bits per heavy atom. The molecule has 0 radical (unpaired) electrons. The zero-order valence-electron chi connectivity index (χ0n) is 17.9. The van der Waals surface area contributed by atoms with Gasteiger partial charge in [-0.05, 0) is 25.3 Å². The van der Waals surface area contributed by atoms with Crippen LogP contribution >= 0.6 is 11.8 Å². The van der Waals surface area contributed by atoms with Crippen LogP contribution in [0.5, 0.6) is 11.5 Å². The quantitative estimate of drug-likeness (QED) is 0.411. The van der Waals surface area contributed by atoms with Gasteiger partial charge in [0.25, 0.3) is 5.89 Å². The van der Waals surface area contributed by atoms with Crippen LogP contribution in [-0.4, -0.2) is 38.9 Å². The second-order valence-electron chi connectivity index (χ2n) is 7.33. The van der Waals surface area contributed by atoms with E-state index >= 15 is 0 Å². The van der Waals surface area contributed by atoms with Crippen molar-refractivity contribution in [1.82, 2.24) is 19.9 Å². The summed E-state index contributed by atoms with van der Waals surface area (Å²) >= 11 is 1.37. The van der Waals surface area contributed by atoms with Crippen molar-refractivity contribution in [2.75, 3.05) is 24.1 Å². The molecule has 168 valence electrons. The van der Waals surface area contributed by atoms with Gasteiger partial charge in [0.05, 0.1) is 0 Å². The van der Waals surface area contributed by atoms with Crippen LogP contribution in [0.4, 0.5) is 11.5 Å². The smallest absolute Gasteiger partial charge is 0.264 e. The summed E-state index contributed by atoms with van der Waals surface area (Å²) in [4.78, 5) is 17.1. The molecule has 0 atom stereocenters. The van der Waals surface area contributed by atoms with E-state index in [1.54, 1.807) is 18.2 Å². The van der Waals surface area contributed by atoms with Gasteiger partial charge in [-0.3, -0.25) is 4.79 Å². The van der Waals surface area contributed by atoms with Crippen molar-refractivity contribution in [2.24, 2.45) is 0 Å². The first-order valence-electron chi connectivity index (χ1n) is 10.0. The average molecular weight is 465 g/mol. The molecule has 0 bridgehead atoms. The zero-order chi connectivity index (χ0) is 22.9. The maximum Gasteiger partial charge on any atom is 0.264 e. The Morgan fingerprint density at radius 1 is 1.18 bits per heavy atom. The lowest BCUT2D eigenvalue weighted by Gasteiger charge is -2.07. The molecule has 0 saturated heterocycles. The highest BCUT2D eigenvalue weighted by Crippen LogP contribution is 2.36. The third kappa shape index (κ3) is 4.10. The highest BCUT2D eigenvalue weighted by atomic mass is 32.2. The van der Waals surface area contributed by atoms with Crippen LogP contribution < -0.4 is 20.5 Å². The Kier molecular flexibility index (Phi) is 5.38. The van der Waals surface area contributed by atoms with Gasteiger partial charge in [0.15, 0.2) is 11.5 Å². The molecule has 5 rings (SSSR count). The number of amides is 1. The Morgan fingerprint density at radius 3 is 2.76 bits per heavy atom. The lowest BCUT2D eigenvalue weighted by Crippen LogP contribution is -2.20. The Balaban J connectivity index is 1.37. The van der Waals surface area contributed by atoms with E-state index in [9.17, 15) is 4.79 Å². The number of rotatable bonds is 6. The second-order valence-corrected chi connectivity index (χ2v) is 8.13. The average Bonchev–Trinajstić information content (AvgIpc) is 3.53. The monoisotopic (exact) mass is 464 g/mol. The number of ether oxygens (including phenoxy) is 2. The fraction of sp³-hybridized carbons (Fsp3) is 0.182. The molecule has 0 fully saturated rings. The molecule has 0 unspecified atom stereocenters. The molecule has 3 N–H and O–H groups in total. The van der Waals surface area contributed by atoms with Crippen LogP contribution in [0.25, 0.3) is 22.8 Å². The first-order valence-corrected chi connectivity index (χ1v) is 11.2. The topological polar surface area (TPSA) is 130 Å². The third-order valence-corrected chi connectivity index (χ3v) is 5.72. The highest BCUT2D eigenvalue weighted by molar-refractivity contribution is 7.98. The summed E-state index contributed by atoms with van der Waals surface area (Å²) in [5.41, 5.74) is 9.39. The van der Waals surface area contributed by atoms with Crippen molar-refractivity contribution in [1.29, 1.82) is 0 Å². The number of nitrogens with zero attached hydrogens (tertiary/aromatic N) is 4. The largest absolute Gasteiger partial charge is 0.454 e. The predicted octanol–water partition coefficient (Wildman–Crippen LogP) is 3.58. The Labute approximate surface area is 193 Å². The van der Waals surface area contributed by atoms with Crippen LogP contribution in [0.2, 0.25) is 0 Å². The number of aryl methyl sites for hydroxylation is 1. The molecule has 1 amide bonds. The summed E-state index contributed by atoms with van der Waals surface area (Å²) in [6, 6.07) is 13.0. The molecule has 2 aromatic heterocycles. The van der Waals surface area contributed by atoms with Crippen LogP contribution in [0.1, 0.15) is 5.56 Å². The molecule has 1 aliphatic rings. The number of benzene rings is 2. The van der Waals surface area contributed by atoms with Gasteiger partial charge in [-0.15, -0.1) is 11.8 Å². The molecule has 2 aromatic carbocycles. The van der Waals surface area contributed by atoms with Gasteiger partial charge >= 0.3 is 0 Å². The van der Waals surface area contributed by atoms with E-state index in [2.05, 4.69) is 20.6 Å². The highest BCUT2D eigenvalue weighted by Gasteiger charge is 2.24. The Bertz CT molecular complexity index is 1330. The van der Waals surface area contributed by atoms with Gasteiger partial charge in [0, 0.05) is 17.3 Å². The molecular formula is C22H20N6O4S. The number of fused-ring (bicyclic) bond motifs is 1. The van der Waals surface area contributed by atoms with Crippen LogP contribution in [-0.2, 0) is 11.3 Å². The lowest BCUT2D eigenvalue weighted by molar-refractivity contribution is -0.116. The van der Waals surface area contributed by atoms with Gasteiger partial charge in [-0.2, -0.15) is 10.1 Å². The lowest BCUT2D eigenvalue weighted by atomic mass is 10.1. The van der Waals surface area contributed by atoms with Gasteiger partial charge < -0.3 is 25.0 Å². The first-order chi connectivity index (χ1) is 16.0. The molecule has 0 aliphatic carbocycles. The summed E-state index contributed by atoms with van der Waals surface area (Å²) in [6.45, 7) is 2.08. The fourth-order valence-electron chi connectivity index (χ4n) is 3.37. The number of aromatic nitrogens is 4. The van der Waals surface area contributed by atoms with Gasteiger partial charge in [0.1, 0.15) is 23.0 Å². The van der Waals surface area contributed by atoms with E-state index in [1.165, 1.54) is 16.4 Å². The normalized spacial score (nSPS) is 12.2. The minimum Gasteiger partial charge on any atom is -0.454 e. The first kappa shape index (κ1) is 20.9. The third-order valence-electron chi connectivity index (χ3n) is 5.05. The number of hydrogen-bond donors (Lipinski definition) is 2. The van der Waals surface area contributed by atoms with Crippen molar-refractivity contribution in [3.8, 4) is 34.3 Å². The number of nitrogen functional groups attached to an aromatic ring is 1. The van der Waals surface area contributed by atoms with Crippen LogP contribution in [0, 0.1) is 6.92 Å². The number of carbonyl (C=O) groups is 1. The van der Waals surface area contributed by atoms with Gasteiger partial charge in [-0.1, -0.05) is 35.0 Å². The van der Waals surface area contributed by atoms with Crippen molar-refractivity contribution >= 4 is 29.2 Å². The standard InChI is InChI=1S/C22H20N6O4S/c1-12-3-5-13(6-4-12)20-25-21(32-27-20)18-19(23)28(26-22(18)33-2)10-17(29)24-14-7-8-15-16(9-14)31-11-30-15/h3-9H,10-11,23H2,1-2H3,(H,24,29). The molecular weight excluding hydrogens is 444 g/mol. The number of anilines is 2. The van der Waals surface area contributed by atoms with Gasteiger partial charge in [0.2, 0.25) is 18.5 Å². The van der Waals surface area contributed by atoms with Crippen LogP contribution in [0.15, 0.2) is 52.0 Å². The number of thioether (sulfide) groups is 1. The van der Waals surface area contributed by atoms with Crippen molar-refractivity contribution in [2.45, 2.75) is 18.5 Å². The summed E-state index contributed by atoms with van der Waals surface area (Å²) in [7, 11) is 0. The molecule has 0 saturated carbocycles. The summed E-state index contributed by atoms with van der Waals surface area (Å²) in [5.74, 6) is 1.88. The van der Waals surface area contributed by atoms with Crippen molar-refractivity contribution in [3.63, 3.8) is 0 Å². The van der Waals surface area contributed by atoms with E-state index in [0.29, 0.717) is 33.6 Å². The summed E-state index contributed by atoms with van der Waals surface area (Å²) in [5, 5.41) is 11.9. The molecule has 10 nitrogen and oxygen atoms in total. The number of hydrogen-bond acceptors (Lipinski definition) is 9. The van der Waals surface area contributed by atoms with Crippen molar-refractivity contribution < 1.29 is 18.8 Å². The molecule has 11 heteroatoms. The van der Waals surface area contributed by atoms with Crippen LogP contribution in [0.3, 0.4) is 0 Å². The fourth-order valence-corrected chi connectivity index (χ4v) is 3.95. The molecule has 4 aromatic rings.